The minimum atomic E-state index is 0.930. The Bertz CT molecular complexity index is 100. The van der Waals surface area contributed by atoms with Gasteiger partial charge in [0.2, 0.25) is 0 Å². The van der Waals surface area contributed by atoms with Crippen LogP contribution in [0, 0.1) is 6.42 Å². The molecule has 2 nitrogen and oxygen atoms in total. The van der Waals surface area contributed by atoms with Gasteiger partial charge in [0.15, 0.2) is 0 Å². The van der Waals surface area contributed by atoms with Crippen LogP contribution in [0.3, 0.4) is 0 Å². The fraction of sp³-hybridized carbons (Fsp3) is 0.900. The van der Waals surface area contributed by atoms with E-state index in [4.69, 9.17) is 4.74 Å². The number of morpholine rings is 1. The van der Waals surface area contributed by atoms with Gasteiger partial charge in [-0.25, -0.2) is 0 Å². The lowest BCUT2D eigenvalue weighted by Crippen LogP contribution is -2.36. The van der Waals surface area contributed by atoms with Gasteiger partial charge in [-0.1, -0.05) is 19.8 Å². The van der Waals surface area contributed by atoms with Gasteiger partial charge in [-0.05, 0) is 19.4 Å². The van der Waals surface area contributed by atoms with Crippen LogP contribution in [-0.4, -0.2) is 37.7 Å². The van der Waals surface area contributed by atoms with Crippen molar-refractivity contribution in [1.82, 2.24) is 4.90 Å². The Kier molecular flexibility index (Phi) is 5.37. The third kappa shape index (κ3) is 4.07. The van der Waals surface area contributed by atoms with Gasteiger partial charge < -0.3 is 4.74 Å². The molecule has 0 atom stereocenters. The first kappa shape index (κ1) is 10.0. The molecule has 1 aliphatic heterocycles. The Morgan fingerprint density at radius 2 is 2.00 bits per heavy atom. The zero-order valence-corrected chi connectivity index (χ0v) is 8.09. The minimum Gasteiger partial charge on any atom is -0.379 e. The summed E-state index contributed by atoms with van der Waals surface area (Å²) in [5, 5.41) is 0. The second-order valence-electron chi connectivity index (χ2n) is 3.36. The molecule has 0 aromatic carbocycles. The first-order chi connectivity index (χ1) is 5.93. The van der Waals surface area contributed by atoms with Gasteiger partial charge in [0.05, 0.1) is 13.2 Å². The molecule has 2 heteroatoms. The van der Waals surface area contributed by atoms with Gasteiger partial charge in [0.25, 0.3) is 0 Å². The van der Waals surface area contributed by atoms with Crippen LogP contribution in [0.2, 0.25) is 0 Å². The molecule has 12 heavy (non-hydrogen) atoms. The molecule has 71 valence electrons. The van der Waals surface area contributed by atoms with E-state index in [1.807, 2.05) is 0 Å². The van der Waals surface area contributed by atoms with Crippen molar-refractivity contribution >= 4 is 0 Å². The number of rotatable bonds is 5. The summed E-state index contributed by atoms with van der Waals surface area (Å²) in [4.78, 5) is 2.50. The molecular formula is C10H20NO. The minimum absolute atomic E-state index is 0.930. The van der Waals surface area contributed by atoms with Gasteiger partial charge in [-0.15, -0.1) is 0 Å². The molecule has 0 bridgehead atoms. The summed E-state index contributed by atoms with van der Waals surface area (Å²) in [7, 11) is 0. The first-order valence-corrected chi connectivity index (χ1v) is 5.01. The number of nitrogens with zero attached hydrogens (tertiary/aromatic N) is 1. The zero-order valence-electron chi connectivity index (χ0n) is 8.09. The lowest BCUT2D eigenvalue weighted by atomic mass is 10.2. The van der Waals surface area contributed by atoms with Crippen LogP contribution in [0.25, 0.3) is 0 Å². The average molecular weight is 170 g/mol. The monoisotopic (exact) mass is 170 g/mol. The molecule has 0 spiro atoms. The van der Waals surface area contributed by atoms with Gasteiger partial charge in [-0.2, -0.15) is 0 Å². The van der Waals surface area contributed by atoms with E-state index < -0.39 is 0 Å². The van der Waals surface area contributed by atoms with E-state index in [9.17, 15) is 0 Å². The van der Waals surface area contributed by atoms with Crippen LogP contribution in [0.4, 0.5) is 0 Å². The number of hydrogen-bond acceptors (Lipinski definition) is 2. The maximum absolute atomic E-state index is 5.28. The maximum Gasteiger partial charge on any atom is 0.0594 e. The molecule has 1 saturated heterocycles. The highest BCUT2D eigenvalue weighted by molar-refractivity contribution is 4.63. The maximum atomic E-state index is 5.28. The molecule has 0 saturated carbocycles. The molecule has 1 heterocycles. The molecule has 0 N–H and O–H groups in total. The van der Waals surface area contributed by atoms with Crippen molar-refractivity contribution in [3.8, 4) is 0 Å². The fourth-order valence-electron chi connectivity index (χ4n) is 1.51. The summed E-state index contributed by atoms with van der Waals surface area (Å²) in [6.45, 7) is 7.53. The van der Waals surface area contributed by atoms with Crippen molar-refractivity contribution in [1.29, 1.82) is 0 Å². The summed E-state index contributed by atoms with van der Waals surface area (Å²) < 4.78 is 5.28. The number of ether oxygens (including phenoxy) is 1. The van der Waals surface area contributed by atoms with E-state index in [0.29, 0.717) is 0 Å². The molecule has 1 rings (SSSR count). The Morgan fingerprint density at radius 3 is 2.67 bits per heavy atom. The van der Waals surface area contributed by atoms with Crippen molar-refractivity contribution in [3.05, 3.63) is 6.42 Å². The quantitative estimate of drug-likeness (QED) is 0.582. The van der Waals surface area contributed by atoms with E-state index in [2.05, 4.69) is 18.2 Å². The van der Waals surface area contributed by atoms with Crippen molar-refractivity contribution in [2.45, 2.75) is 26.2 Å². The Labute approximate surface area is 75.9 Å². The van der Waals surface area contributed by atoms with Gasteiger partial charge in [-0.3, -0.25) is 4.90 Å². The van der Waals surface area contributed by atoms with Crippen LogP contribution in [-0.2, 0) is 4.74 Å². The molecule has 0 unspecified atom stereocenters. The summed E-state index contributed by atoms with van der Waals surface area (Å²) in [5.41, 5.74) is 0. The van der Waals surface area contributed by atoms with E-state index in [0.717, 1.165) is 26.3 Å². The highest BCUT2D eigenvalue weighted by Crippen LogP contribution is 2.02. The van der Waals surface area contributed by atoms with Crippen LogP contribution < -0.4 is 0 Å². The van der Waals surface area contributed by atoms with Crippen LogP contribution >= 0.6 is 0 Å². The third-order valence-electron chi connectivity index (χ3n) is 2.32. The number of unbranched alkanes of at least 4 members (excludes halogenated alkanes) is 3. The van der Waals surface area contributed by atoms with E-state index in [1.54, 1.807) is 0 Å². The number of hydrogen-bond donors (Lipinski definition) is 0. The molecule has 0 aromatic heterocycles. The molecule has 1 radical (unpaired) electrons. The summed E-state index contributed by atoms with van der Waals surface area (Å²) in [5.74, 6) is 0. The molecule has 0 amide bonds. The van der Waals surface area contributed by atoms with Crippen LogP contribution in [0.1, 0.15) is 26.2 Å². The van der Waals surface area contributed by atoms with Gasteiger partial charge >= 0.3 is 0 Å². The van der Waals surface area contributed by atoms with Crippen molar-refractivity contribution in [3.63, 3.8) is 0 Å². The normalized spacial score (nSPS) is 19.8. The fourth-order valence-corrected chi connectivity index (χ4v) is 1.51. The van der Waals surface area contributed by atoms with Crippen molar-refractivity contribution < 1.29 is 4.74 Å². The van der Waals surface area contributed by atoms with Crippen molar-refractivity contribution in [2.75, 3.05) is 32.8 Å². The summed E-state index contributed by atoms with van der Waals surface area (Å²) in [6.07, 6.45) is 6.20. The third-order valence-corrected chi connectivity index (χ3v) is 2.32. The molecular weight excluding hydrogens is 150 g/mol. The standard InChI is InChI=1S/C10H20NO/c1-2-3-4-5-6-11-7-9-12-10-8-11/h2H,3-10H2,1H3. The van der Waals surface area contributed by atoms with Crippen molar-refractivity contribution in [2.24, 2.45) is 0 Å². The topological polar surface area (TPSA) is 12.5 Å². The second kappa shape index (κ2) is 6.44. The first-order valence-electron chi connectivity index (χ1n) is 5.01. The molecule has 1 fully saturated rings. The van der Waals surface area contributed by atoms with Crippen LogP contribution in [0.15, 0.2) is 0 Å². The Hall–Kier alpha value is -0.0800. The lowest BCUT2D eigenvalue weighted by molar-refractivity contribution is 0.0372. The van der Waals surface area contributed by atoms with Crippen LogP contribution in [0.5, 0.6) is 0 Å². The molecule has 1 aliphatic rings. The largest absolute Gasteiger partial charge is 0.379 e. The smallest absolute Gasteiger partial charge is 0.0594 e. The van der Waals surface area contributed by atoms with E-state index >= 15 is 0 Å². The predicted octanol–water partition coefficient (Wildman–Crippen LogP) is 1.71. The Morgan fingerprint density at radius 1 is 1.25 bits per heavy atom. The SMILES string of the molecule is C[CH]CCCCN1CCOCC1. The van der Waals surface area contributed by atoms with E-state index in [-0.39, 0.29) is 0 Å². The highest BCUT2D eigenvalue weighted by Gasteiger charge is 2.08. The molecule has 0 aliphatic carbocycles. The highest BCUT2D eigenvalue weighted by atomic mass is 16.5. The lowest BCUT2D eigenvalue weighted by Gasteiger charge is -2.26. The predicted molar refractivity (Wildman–Crippen MR) is 51.1 cm³/mol. The second-order valence-corrected chi connectivity index (χ2v) is 3.36. The summed E-state index contributed by atoms with van der Waals surface area (Å²) in [6, 6.07) is 0. The average Bonchev–Trinajstić information content (AvgIpc) is 2.14. The van der Waals surface area contributed by atoms with Gasteiger partial charge in [0.1, 0.15) is 0 Å². The molecule has 0 aromatic rings. The zero-order chi connectivity index (χ0) is 8.65. The van der Waals surface area contributed by atoms with Gasteiger partial charge in [0, 0.05) is 13.1 Å². The summed E-state index contributed by atoms with van der Waals surface area (Å²) >= 11 is 0. The van der Waals surface area contributed by atoms with E-state index in [1.165, 1.54) is 25.8 Å². The Balaban J connectivity index is 1.91.